The molecule has 2 aliphatic heterocycles. The largest absolute Gasteiger partial charge is 0.385 e. The van der Waals surface area contributed by atoms with Crippen molar-refractivity contribution in [2.45, 2.75) is 28.5 Å². The van der Waals surface area contributed by atoms with Crippen molar-refractivity contribution in [2.75, 3.05) is 33.4 Å². The molecule has 4 nitrogen and oxygen atoms in total. The molecule has 4 rings (SSSR count). The van der Waals surface area contributed by atoms with E-state index in [1.54, 1.807) is 7.11 Å². The second-order valence-corrected chi connectivity index (χ2v) is 9.01. The Hall–Kier alpha value is -0.760. The second kappa shape index (κ2) is 10.1. The van der Waals surface area contributed by atoms with E-state index < -0.39 is 0 Å². The maximum absolute atomic E-state index is 5.26. The lowest BCUT2D eigenvalue weighted by atomic mass is 10.1. The lowest BCUT2D eigenvalue weighted by Gasteiger charge is -2.35. The fourth-order valence-corrected chi connectivity index (χ4v) is 5.73. The number of para-hydroxylation sites is 1. The summed E-state index contributed by atoms with van der Waals surface area (Å²) >= 11 is 3.72. The van der Waals surface area contributed by atoms with E-state index in [9.17, 15) is 0 Å². The zero-order valence-corrected chi connectivity index (χ0v) is 18.7. The first-order chi connectivity index (χ1) is 12.2. The average molecular weight is 446 g/mol. The Balaban J connectivity index is 0.00000131. The van der Waals surface area contributed by atoms with Gasteiger partial charge in [-0.15, -0.1) is 36.2 Å². The number of nitrogens with one attached hydrogen (secondary N) is 1. The molecule has 0 saturated carbocycles. The number of aliphatic imine (C=N–C) groups is 1. The smallest absolute Gasteiger partial charge is 0.138 e. The first kappa shape index (κ1) is 22.5. The van der Waals surface area contributed by atoms with Gasteiger partial charge in [-0.2, -0.15) is 0 Å². The molecule has 0 spiro atoms. The Morgan fingerprint density at radius 3 is 2.93 bits per heavy atom. The molecular formula is C19H25Cl2N3OS2. The van der Waals surface area contributed by atoms with Crippen molar-refractivity contribution in [1.29, 1.82) is 0 Å². The van der Waals surface area contributed by atoms with E-state index in [0.717, 1.165) is 44.2 Å². The first-order valence-corrected chi connectivity index (χ1v) is 10.3. The summed E-state index contributed by atoms with van der Waals surface area (Å²) in [6.07, 6.45) is 1.03. The third-order valence-electron chi connectivity index (χ3n) is 4.58. The van der Waals surface area contributed by atoms with E-state index in [-0.39, 0.29) is 24.8 Å². The van der Waals surface area contributed by atoms with Gasteiger partial charge >= 0.3 is 0 Å². The number of nitrogens with zero attached hydrogens (tertiary/aromatic N) is 2. The Labute approximate surface area is 181 Å². The fourth-order valence-electron chi connectivity index (χ4n) is 3.35. The maximum Gasteiger partial charge on any atom is 0.138 e. The molecule has 8 heteroatoms. The minimum absolute atomic E-state index is 0. The predicted octanol–water partition coefficient (Wildman–Crippen LogP) is 4.75. The van der Waals surface area contributed by atoms with Crippen molar-refractivity contribution in [3.63, 3.8) is 0 Å². The summed E-state index contributed by atoms with van der Waals surface area (Å²) in [4.78, 5) is 10.1. The molecule has 1 saturated heterocycles. The minimum Gasteiger partial charge on any atom is -0.385 e. The van der Waals surface area contributed by atoms with E-state index >= 15 is 0 Å². The van der Waals surface area contributed by atoms with Gasteiger partial charge in [0.2, 0.25) is 0 Å². The van der Waals surface area contributed by atoms with E-state index in [2.05, 4.69) is 47.5 Å². The molecule has 0 amide bonds. The van der Waals surface area contributed by atoms with Crippen LogP contribution in [0, 0.1) is 6.92 Å². The van der Waals surface area contributed by atoms with Crippen molar-refractivity contribution >= 4 is 59.4 Å². The number of halogens is 2. The summed E-state index contributed by atoms with van der Waals surface area (Å²) in [7, 11) is 1.77. The molecule has 1 aromatic carbocycles. The van der Waals surface area contributed by atoms with Gasteiger partial charge in [-0.1, -0.05) is 23.9 Å². The van der Waals surface area contributed by atoms with Gasteiger partial charge in [-0.3, -0.25) is 0 Å². The standard InChI is InChI=1S/C19H23N3OS2.2ClH/c1-13-11-15-18(22-9-8-20-14(12-22)7-10-23-2)21-16-5-3-4-6-17(16)25-19(15)24-13;;/h3-6,11,14,20H,7-10,12H2,1-2H3;2*1H/t14-;;/m0../s1. The maximum atomic E-state index is 5.26. The van der Waals surface area contributed by atoms with E-state index in [4.69, 9.17) is 9.73 Å². The Morgan fingerprint density at radius 1 is 1.30 bits per heavy atom. The Morgan fingerprint density at radius 2 is 2.11 bits per heavy atom. The van der Waals surface area contributed by atoms with Crippen LogP contribution in [-0.4, -0.2) is 50.1 Å². The molecule has 1 atom stereocenters. The number of hydrogen-bond donors (Lipinski definition) is 1. The van der Waals surface area contributed by atoms with Crippen LogP contribution < -0.4 is 5.32 Å². The fraction of sp³-hybridized carbons (Fsp3) is 0.421. The van der Waals surface area contributed by atoms with Crippen LogP contribution in [0.5, 0.6) is 0 Å². The molecule has 1 aromatic heterocycles. The van der Waals surface area contributed by atoms with E-state index in [1.807, 2.05) is 23.1 Å². The van der Waals surface area contributed by atoms with Gasteiger partial charge in [-0.25, -0.2) is 4.99 Å². The van der Waals surface area contributed by atoms with E-state index in [0.29, 0.717) is 6.04 Å². The molecule has 0 aliphatic carbocycles. The highest BCUT2D eigenvalue weighted by Crippen LogP contribution is 2.44. The average Bonchev–Trinajstić information content (AvgIpc) is 2.91. The van der Waals surface area contributed by atoms with Crippen LogP contribution >= 0.6 is 47.9 Å². The number of methoxy groups -OCH3 is 1. The van der Waals surface area contributed by atoms with Crippen molar-refractivity contribution in [3.8, 4) is 0 Å². The third-order valence-corrected chi connectivity index (χ3v) is 6.90. The molecule has 0 unspecified atom stereocenters. The van der Waals surface area contributed by atoms with Crippen molar-refractivity contribution in [2.24, 2.45) is 4.99 Å². The Bertz CT molecular complexity index is 797. The van der Waals surface area contributed by atoms with Crippen LogP contribution in [0.2, 0.25) is 0 Å². The number of piperazine rings is 1. The molecule has 2 aliphatic rings. The minimum atomic E-state index is 0. The lowest BCUT2D eigenvalue weighted by Crippen LogP contribution is -2.53. The molecule has 0 radical (unpaired) electrons. The zero-order valence-electron chi connectivity index (χ0n) is 15.4. The summed E-state index contributed by atoms with van der Waals surface area (Å²) in [5.74, 6) is 1.13. The van der Waals surface area contributed by atoms with Gasteiger partial charge in [0.15, 0.2) is 0 Å². The summed E-state index contributed by atoms with van der Waals surface area (Å²) < 4.78 is 6.62. The summed E-state index contributed by atoms with van der Waals surface area (Å²) in [6.45, 7) is 5.93. The molecule has 2 aromatic rings. The SMILES string of the molecule is COCC[C@H]1CN(C2=Nc3ccccc3Sc3sc(C)cc32)CCN1.Cl.Cl. The highest BCUT2D eigenvalue weighted by molar-refractivity contribution is 8.01. The highest BCUT2D eigenvalue weighted by Gasteiger charge is 2.27. The second-order valence-electron chi connectivity index (χ2n) is 6.44. The molecule has 1 N–H and O–H groups in total. The summed E-state index contributed by atoms with van der Waals surface area (Å²) in [5.41, 5.74) is 2.37. The number of thiophene rings is 1. The van der Waals surface area contributed by atoms with Crippen molar-refractivity contribution in [1.82, 2.24) is 10.2 Å². The lowest BCUT2D eigenvalue weighted by molar-refractivity contribution is 0.168. The number of amidine groups is 1. The molecule has 3 heterocycles. The van der Waals surface area contributed by atoms with Gasteiger partial charge in [0.05, 0.1) is 9.90 Å². The van der Waals surface area contributed by atoms with Crippen molar-refractivity contribution < 1.29 is 4.74 Å². The summed E-state index contributed by atoms with van der Waals surface area (Å²) in [5, 5.41) is 3.61. The molecule has 27 heavy (non-hydrogen) atoms. The number of rotatable bonds is 3. The van der Waals surface area contributed by atoms with Gasteiger partial charge in [0, 0.05) is 54.7 Å². The number of benzene rings is 1. The summed E-state index contributed by atoms with van der Waals surface area (Å²) in [6, 6.07) is 11.2. The zero-order chi connectivity index (χ0) is 17.2. The topological polar surface area (TPSA) is 36.9 Å². The van der Waals surface area contributed by atoms with Gasteiger partial charge in [0.25, 0.3) is 0 Å². The number of aryl methyl sites for hydroxylation is 1. The molecule has 148 valence electrons. The van der Waals surface area contributed by atoms with Crippen LogP contribution in [0.25, 0.3) is 0 Å². The van der Waals surface area contributed by atoms with Crippen LogP contribution in [0.1, 0.15) is 16.9 Å². The third kappa shape index (κ3) is 5.00. The van der Waals surface area contributed by atoms with Gasteiger partial charge < -0.3 is 15.0 Å². The Kier molecular flexibility index (Phi) is 8.46. The monoisotopic (exact) mass is 445 g/mol. The highest BCUT2D eigenvalue weighted by atomic mass is 35.5. The first-order valence-electron chi connectivity index (χ1n) is 8.68. The van der Waals surface area contributed by atoms with Crippen LogP contribution in [0.4, 0.5) is 5.69 Å². The van der Waals surface area contributed by atoms with Crippen molar-refractivity contribution in [3.05, 3.63) is 40.8 Å². The van der Waals surface area contributed by atoms with Crippen LogP contribution in [-0.2, 0) is 4.74 Å². The van der Waals surface area contributed by atoms with E-state index in [1.165, 1.54) is 19.5 Å². The number of fused-ring (bicyclic) bond motifs is 2. The number of ether oxygens (including phenoxy) is 1. The predicted molar refractivity (Wildman–Crippen MR) is 120 cm³/mol. The molecular weight excluding hydrogens is 421 g/mol. The number of hydrogen-bond acceptors (Lipinski definition) is 6. The quantitative estimate of drug-likeness (QED) is 0.738. The normalized spacial score (nSPS) is 18.4. The van der Waals surface area contributed by atoms with Crippen LogP contribution in [0.15, 0.2) is 44.4 Å². The van der Waals surface area contributed by atoms with Gasteiger partial charge in [-0.05, 0) is 31.5 Å². The molecule has 0 bridgehead atoms. The molecule has 1 fully saturated rings. The van der Waals surface area contributed by atoms with Crippen LogP contribution in [0.3, 0.4) is 0 Å². The van der Waals surface area contributed by atoms with Gasteiger partial charge in [0.1, 0.15) is 5.84 Å².